The van der Waals surface area contributed by atoms with Crippen molar-refractivity contribution in [2.75, 3.05) is 19.1 Å². The normalized spacial score (nSPS) is 17.5. The van der Waals surface area contributed by atoms with E-state index in [1.165, 1.54) is 55.8 Å². The van der Waals surface area contributed by atoms with Crippen LogP contribution in [0.25, 0.3) is 5.76 Å². The minimum absolute atomic E-state index is 0.110. The highest BCUT2D eigenvalue weighted by Gasteiger charge is 2.47. The first kappa shape index (κ1) is 23.9. The van der Waals surface area contributed by atoms with Gasteiger partial charge >= 0.3 is 0 Å². The van der Waals surface area contributed by atoms with E-state index < -0.39 is 33.5 Å². The number of benzene rings is 2. The van der Waals surface area contributed by atoms with Crippen LogP contribution in [0.15, 0.2) is 77.5 Å². The molecule has 1 aliphatic rings. The van der Waals surface area contributed by atoms with E-state index in [-0.39, 0.29) is 33.2 Å². The minimum atomic E-state index is -3.96. The number of sulfonamides is 1. The van der Waals surface area contributed by atoms with E-state index in [2.05, 4.69) is 4.98 Å². The Morgan fingerprint density at radius 2 is 1.54 bits per heavy atom. The Morgan fingerprint density at radius 1 is 0.971 bits per heavy atom. The highest BCUT2D eigenvalue weighted by atomic mass is 32.2. The number of rotatable bonds is 6. The molecule has 35 heavy (non-hydrogen) atoms. The Hall–Kier alpha value is -4.22. The lowest BCUT2D eigenvalue weighted by Crippen LogP contribution is -2.29. The maximum absolute atomic E-state index is 13.3. The second kappa shape index (κ2) is 9.20. The largest absolute Gasteiger partial charge is 0.506 e. The number of hydrogen-bond donors (Lipinski definition) is 2. The molecule has 11 heteroatoms. The number of ketones is 1. The number of anilines is 1. The van der Waals surface area contributed by atoms with Crippen LogP contribution in [0.4, 0.5) is 5.69 Å². The summed E-state index contributed by atoms with van der Waals surface area (Å²) in [6, 6.07) is 12.2. The van der Waals surface area contributed by atoms with E-state index >= 15 is 0 Å². The fourth-order valence-electron chi connectivity index (χ4n) is 3.98. The van der Waals surface area contributed by atoms with E-state index in [9.17, 15) is 23.1 Å². The molecule has 0 spiro atoms. The van der Waals surface area contributed by atoms with Gasteiger partial charge < -0.3 is 14.6 Å². The maximum Gasteiger partial charge on any atom is 0.300 e. The molecule has 0 radical (unpaired) electrons. The molecule has 3 aromatic rings. The van der Waals surface area contributed by atoms with Gasteiger partial charge in [0.1, 0.15) is 22.8 Å². The first-order chi connectivity index (χ1) is 16.7. The van der Waals surface area contributed by atoms with Crippen molar-refractivity contribution >= 4 is 33.2 Å². The zero-order valence-electron chi connectivity index (χ0n) is 18.7. The van der Waals surface area contributed by atoms with Gasteiger partial charge in [0.15, 0.2) is 0 Å². The van der Waals surface area contributed by atoms with E-state index in [4.69, 9.17) is 14.6 Å². The molecule has 0 bridgehead atoms. The van der Waals surface area contributed by atoms with Gasteiger partial charge in [-0.1, -0.05) is 6.07 Å². The summed E-state index contributed by atoms with van der Waals surface area (Å²) in [5.41, 5.74) is 0.635. The second-order valence-corrected chi connectivity index (χ2v) is 9.09. The van der Waals surface area contributed by atoms with Crippen LogP contribution in [0.1, 0.15) is 17.2 Å². The number of nitrogens with zero attached hydrogens (tertiary/aromatic N) is 2. The number of ether oxygens (including phenoxy) is 2. The number of primary sulfonamides is 1. The average Bonchev–Trinajstić information content (AvgIpc) is 3.13. The number of carbonyl (C=O) groups excluding carboxylic acids is 2. The third-order valence-electron chi connectivity index (χ3n) is 5.57. The van der Waals surface area contributed by atoms with Gasteiger partial charge in [0, 0.05) is 18.1 Å². The van der Waals surface area contributed by atoms with Gasteiger partial charge in [0.05, 0.1) is 30.7 Å². The summed E-state index contributed by atoms with van der Waals surface area (Å²) in [5.74, 6) is -1.86. The predicted octanol–water partition coefficient (Wildman–Crippen LogP) is 2.37. The molecule has 1 unspecified atom stereocenters. The number of hydrogen-bond acceptors (Lipinski definition) is 8. The van der Waals surface area contributed by atoms with Crippen molar-refractivity contribution in [2.45, 2.75) is 10.9 Å². The van der Waals surface area contributed by atoms with Gasteiger partial charge in [-0.25, -0.2) is 13.6 Å². The van der Waals surface area contributed by atoms with Crippen LogP contribution in [0.5, 0.6) is 11.5 Å². The van der Waals surface area contributed by atoms with Crippen LogP contribution in [-0.2, 0) is 19.6 Å². The van der Waals surface area contributed by atoms with Gasteiger partial charge in [-0.2, -0.15) is 0 Å². The molecule has 10 nitrogen and oxygen atoms in total. The SMILES string of the molecule is COc1cccc(OC)c1/C(O)=C1\C(=O)C(=O)N(c2ccc(S(N)(=O)=O)cc2)C1c1ccncc1. The first-order valence-electron chi connectivity index (χ1n) is 10.2. The molecule has 4 rings (SSSR count). The summed E-state index contributed by atoms with van der Waals surface area (Å²) in [6.07, 6.45) is 2.98. The van der Waals surface area contributed by atoms with E-state index in [0.717, 1.165) is 0 Å². The lowest BCUT2D eigenvalue weighted by molar-refractivity contribution is -0.132. The summed E-state index contributed by atoms with van der Waals surface area (Å²) in [4.78, 5) is 31.5. The van der Waals surface area contributed by atoms with Crippen LogP contribution in [0.2, 0.25) is 0 Å². The van der Waals surface area contributed by atoms with Gasteiger partial charge in [-0.3, -0.25) is 19.5 Å². The summed E-state index contributed by atoms with van der Waals surface area (Å²) in [7, 11) is -1.16. The topological polar surface area (TPSA) is 149 Å². The van der Waals surface area contributed by atoms with Crippen molar-refractivity contribution in [2.24, 2.45) is 5.14 Å². The number of Topliss-reactive ketones (excluding diaryl/α,β-unsaturated/α-hetero) is 1. The number of nitrogens with two attached hydrogens (primary N) is 1. The molecule has 2 heterocycles. The smallest absolute Gasteiger partial charge is 0.300 e. The van der Waals surface area contributed by atoms with Gasteiger partial charge in [0.25, 0.3) is 11.7 Å². The van der Waals surface area contributed by atoms with Gasteiger partial charge in [0.2, 0.25) is 10.0 Å². The Kier molecular flexibility index (Phi) is 6.29. The van der Waals surface area contributed by atoms with E-state index in [1.54, 1.807) is 30.3 Å². The molecule has 1 aromatic heterocycles. The fourth-order valence-corrected chi connectivity index (χ4v) is 4.49. The second-order valence-electron chi connectivity index (χ2n) is 7.53. The van der Waals surface area contributed by atoms with Crippen molar-refractivity contribution in [3.63, 3.8) is 0 Å². The van der Waals surface area contributed by atoms with Crippen LogP contribution in [0.3, 0.4) is 0 Å². The van der Waals surface area contributed by atoms with Crippen LogP contribution in [0, 0.1) is 0 Å². The molecule has 180 valence electrons. The Balaban J connectivity index is 1.97. The highest BCUT2D eigenvalue weighted by molar-refractivity contribution is 7.89. The summed E-state index contributed by atoms with van der Waals surface area (Å²) < 4.78 is 34.0. The standard InChI is InChI=1S/C24H21N3O7S/c1-33-17-4-3-5-18(34-2)19(17)22(28)20-21(14-10-12-26-13-11-14)27(24(30)23(20)29)15-6-8-16(9-7-15)35(25,31)32/h3-13,21,28H,1-2H3,(H2,25,31,32)/b22-20+. The number of aliphatic hydroxyl groups excluding tert-OH is 1. The van der Waals surface area contributed by atoms with Crippen LogP contribution < -0.4 is 19.5 Å². The molecule has 1 atom stereocenters. The van der Waals surface area contributed by atoms with Crippen molar-refractivity contribution in [1.82, 2.24) is 4.98 Å². The number of methoxy groups -OCH3 is 2. The summed E-state index contributed by atoms with van der Waals surface area (Å²) >= 11 is 0. The van der Waals surface area contributed by atoms with Crippen LogP contribution in [-0.4, -0.2) is 44.4 Å². The number of amides is 1. The van der Waals surface area contributed by atoms with E-state index in [0.29, 0.717) is 5.56 Å². The highest BCUT2D eigenvalue weighted by Crippen LogP contribution is 2.45. The predicted molar refractivity (Wildman–Crippen MR) is 126 cm³/mol. The molecule has 2 aromatic carbocycles. The molecule has 1 fully saturated rings. The Bertz CT molecular complexity index is 1410. The molecular weight excluding hydrogens is 474 g/mol. The average molecular weight is 496 g/mol. The molecule has 0 aliphatic carbocycles. The van der Waals surface area contributed by atoms with Crippen molar-refractivity contribution in [3.05, 3.63) is 83.7 Å². The van der Waals surface area contributed by atoms with E-state index in [1.807, 2.05) is 0 Å². The molecular formula is C24H21N3O7S. The molecule has 3 N–H and O–H groups in total. The number of pyridine rings is 1. The quantitative estimate of drug-likeness (QED) is 0.301. The summed E-state index contributed by atoms with van der Waals surface area (Å²) in [6.45, 7) is 0. The Labute approximate surface area is 201 Å². The lowest BCUT2D eigenvalue weighted by Gasteiger charge is -2.25. The van der Waals surface area contributed by atoms with Crippen molar-refractivity contribution in [3.8, 4) is 11.5 Å². The van der Waals surface area contributed by atoms with Gasteiger partial charge in [-0.05, 0) is 54.1 Å². The lowest BCUT2D eigenvalue weighted by atomic mass is 9.95. The zero-order valence-corrected chi connectivity index (χ0v) is 19.5. The van der Waals surface area contributed by atoms with Crippen molar-refractivity contribution in [1.29, 1.82) is 0 Å². The van der Waals surface area contributed by atoms with Crippen LogP contribution >= 0.6 is 0 Å². The molecule has 1 amide bonds. The third-order valence-corrected chi connectivity index (χ3v) is 6.50. The Morgan fingerprint density at radius 3 is 2.06 bits per heavy atom. The molecule has 1 aliphatic heterocycles. The van der Waals surface area contributed by atoms with Gasteiger partial charge in [-0.15, -0.1) is 0 Å². The molecule has 0 saturated carbocycles. The summed E-state index contributed by atoms with van der Waals surface area (Å²) in [5, 5.41) is 16.6. The third kappa shape index (κ3) is 4.22. The number of carbonyl (C=O) groups is 2. The maximum atomic E-state index is 13.3. The monoisotopic (exact) mass is 495 g/mol. The zero-order chi connectivity index (χ0) is 25.3. The van der Waals surface area contributed by atoms with Crippen molar-refractivity contribution < 1.29 is 32.6 Å². The molecule has 1 saturated heterocycles. The first-order valence-corrected chi connectivity index (χ1v) is 11.8. The number of aromatic nitrogens is 1. The number of aliphatic hydroxyl groups is 1. The minimum Gasteiger partial charge on any atom is -0.506 e. The fraction of sp³-hybridized carbons (Fsp3) is 0.125.